The summed E-state index contributed by atoms with van der Waals surface area (Å²) in [6, 6.07) is 16.5. The summed E-state index contributed by atoms with van der Waals surface area (Å²) in [5.41, 5.74) is 1.75. The number of aliphatic carboxylic acids is 2. The van der Waals surface area contributed by atoms with Crippen molar-refractivity contribution < 1.29 is 33.0 Å². The summed E-state index contributed by atoms with van der Waals surface area (Å²) in [5.74, 6) is -2.50. The van der Waals surface area contributed by atoms with Crippen LogP contribution in [0.1, 0.15) is 10.4 Å². The number of anilines is 1. The Morgan fingerprint density at radius 3 is 1.83 bits per heavy atom. The highest BCUT2D eigenvalue weighted by atomic mass is 32.2. The van der Waals surface area contributed by atoms with Gasteiger partial charge in [-0.2, -0.15) is 0 Å². The molecule has 1 saturated heterocycles. The molecule has 0 aliphatic carbocycles. The molecule has 1 fully saturated rings. The first-order valence-electron chi connectivity index (χ1n) is 10.7. The number of carboxylic acid groups (broad SMARTS) is 2. The van der Waals surface area contributed by atoms with E-state index in [-0.39, 0.29) is 10.7 Å². The van der Waals surface area contributed by atoms with Crippen molar-refractivity contribution in [1.29, 1.82) is 0 Å². The van der Waals surface area contributed by atoms with Crippen LogP contribution in [0.3, 0.4) is 0 Å². The Morgan fingerprint density at radius 1 is 0.857 bits per heavy atom. The predicted octanol–water partition coefficient (Wildman–Crippen LogP) is 1.65. The Labute approximate surface area is 204 Å². The highest BCUT2D eigenvalue weighted by Gasteiger charge is 2.21. The van der Waals surface area contributed by atoms with Gasteiger partial charge in [-0.15, -0.1) is 0 Å². The molecule has 2 N–H and O–H groups in total. The van der Waals surface area contributed by atoms with E-state index in [0.717, 1.165) is 30.5 Å². The average molecular weight is 504 g/mol. The largest absolute Gasteiger partial charge is 0.478 e. The second-order valence-corrected chi connectivity index (χ2v) is 10.00. The average Bonchev–Trinajstić information content (AvgIpc) is 2.84. The van der Waals surface area contributed by atoms with Gasteiger partial charge in [0.25, 0.3) is 0 Å². The number of hydrogen-bond acceptors (Lipinski definition) is 7. The Balaban J connectivity index is 0.000000466. The minimum absolute atomic E-state index is 0.0111. The van der Waals surface area contributed by atoms with Crippen LogP contribution in [0.5, 0.6) is 0 Å². The summed E-state index contributed by atoms with van der Waals surface area (Å²) in [7, 11) is -0.494. The number of nitrogens with zero attached hydrogens (tertiary/aromatic N) is 3. The molecule has 0 bridgehead atoms. The van der Waals surface area contributed by atoms with Gasteiger partial charge in [0.15, 0.2) is 5.78 Å². The number of sulfonamides is 1. The SMILES string of the molecule is CN(C)S(=O)(=O)c1ccc(C(=O)CN2CCN(c3ccccc3)CC2)cc1.O=C(O)/C=C/C(=O)O. The predicted molar refractivity (Wildman–Crippen MR) is 131 cm³/mol. The number of Topliss-reactive ketones (excluding diaryl/α,β-unsaturated/α-hetero) is 1. The van der Waals surface area contributed by atoms with Crippen LogP contribution >= 0.6 is 0 Å². The van der Waals surface area contributed by atoms with Crippen LogP contribution < -0.4 is 4.90 Å². The molecule has 0 amide bonds. The summed E-state index contributed by atoms with van der Waals surface area (Å²) in [4.78, 5) is 36.3. The van der Waals surface area contributed by atoms with Gasteiger partial charge in [-0.1, -0.05) is 30.3 Å². The number of ketones is 1. The van der Waals surface area contributed by atoms with Crippen LogP contribution in [-0.4, -0.2) is 92.4 Å². The third-order valence-electron chi connectivity index (χ3n) is 5.18. The lowest BCUT2D eigenvalue weighted by Gasteiger charge is -2.35. The monoisotopic (exact) mass is 503 g/mol. The third-order valence-corrected chi connectivity index (χ3v) is 7.01. The molecule has 0 radical (unpaired) electrons. The van der Waals surface area contributed by atoms with Crippen LogP contribution in [-0.2, 0) is 19.6 Å². The molecular weight excluding hydrogens is 474 g/mol. The second-order valence-electron chi connectivity index (χ2n) is 7.84. The van der Waals surface area contributed by atoms with Crippen molar-refractivity contribution in [1.82, 2.24) is 9.21 Å². The third kappa shape index (κ3) is 8.63. The van der Waals surface area contributed by atoms with E-state index >= 15 is 0 Å². The molecule has 2 aromatic rings. The minimum atomic E-state index is -3.47. The van der Waals surface area contributed by atoms with Crippen LogP contribution in [0.25, 0.3) is 0 Å². The zero-order valence-electron chi connectivity index (χ0n) is 19.6. The minimum Gasteiger partial charge on any atom is -0.478 e. The topological polar surface area (TPSA) is 136 Å². The van der Waals surface area contributed by atoms with Crippen LogP contribution in [0.15, 0.2) is 71.6 Å². The summed E-state index contributed by atoms with van der Waals surface area (Å²) in [5, 5.41) is 15.6. The molecule has 10 nitrogen and oxygen atoms in total. The fourth-order valence-corrected chi connectivity index (χ4v) is 4.17. The first-order chi connectivity index (χ1) is 16.5. The number of carboxylic acids is 2. The summed E-state index contributed by atoms with van der Waals surface area (Å²) >= 11 is 0. The normalized spacial score (nSPS) is 14.4. The van der Waals surface area contributed by atoms with Crippen molar-refractivity contribution in [2.75, 3.05) is 51.7 Å². The Bertz CT molecular complexity index is 1120. The van der Waals surface area contributed by atoms with E-state index in [4.69, 9.17) is 10.2 Å². The van der Waals surface area contributed by atoms with Gasteiger partial charge in [-0.3, -0.25) is 9.69 Å². The van der Waals surface area contributed by atoms with Crippen molar-refractivity contribution in [3.8, 4) is 0 Å². The van der Waals surface area contributed by atoms with E-state index in [0.29, 0.717) is 24.3 Å². The first-order valence-corrected chi connectivity index (χ1v) is 12.2. The molecule has 1 aliphatic heterocycles. The van der Waals surface area contributed by atoms with Crippen LogP contribution in [0.2, 0.25) is 0 Å². The Kier molecular flexibility index (Phi) is 10.1. The molecule has 188 valence electrons. The summed E-state index contributed by atoms with van der Waals surface area (Å²) in [6.07, 6.45) is 1.12. The molecule has 0 aromatic heterocycles. The highest BCUT2D eigenvalue weighted by molar-refractivity contribution is 7.89. The van der Waals surface area contributed by atoms with Crippen molar-refractivity contribution in [2.45, 2.75) is 4.90 Å². The molecule has 0 saturated carbocycles. The number of para-hydroxylation sites is 1. The van der Waals surface area contributed by atoms with E-state index < -0.39 is 22.0 Å². The van der Waals surface area contributed by atoms with E-state index in [2.05, 4.69) is 21.9 Å². The zero-order valence-corrected chi connectivity index (χ0v) is 20.4. The Morgan fingerprint density at radius 2 is 1.37 bits per heavy atom. The molecule has 35 heavy (non-hydrogen) atoms. The van der Waals surface area contributed by atoms with E-state index in [9.17, 15) is 22.8 Å². The number of rotatable bonds is 8. The van der Waals surface area contributed by atoms with Gasteiger partial charge in [-0.25, -0.2) is 22.3 Å². The molecule has 0 unspecified atom stereocenters. The smallest absolute Gasteiger partial charge is 0.328 e. The van der Waals surface area contributed by atoms with Crippen molar-refractivity contribution in [2.24, 2.45) is 0 Å². The van der Waals surface area contributed by atoms with Gasteiger partial charge in [0, 0.05) is 63.7 Å². The molecule has 11 heteroatoms. The van der Waals surface area contributed by atoms with Gasteiger partial charge in [-0.05, 0) is 24.3 Å². The van der Waals surface area contributed by atoms with Gasteiger partial charge in [0.05, 0.1) is 11.4 Å². The Hall–Kier alpha value is -3.54. The maximum atomic E-state index is 12.5. The molecule has 2 aromatic carbocycles. The fourth-order valence-electron chi connectivity index (χ4n) is 3.26. The van der Waals surface area contributed by atoms with Gasteiger partial charge >= 0.3 is 11.9 Å². The number of carbonyl (C=O) groups is 3. The molecule has 0 atom stereocenters. The first kappa shape index (κ1) is 27.7. The number of carbonyl (C=O) groups excluding carboxylic acids is 1. The fraction of sp³-hybridized carbons (Fsp3) is 0.292. The quantitative estimate of drug-likeness (QED) is 0.407. The molecule has 0 spiro atoms. The lowest BCUT2D eigenvalue weighted by molar-refractivity contribution is -0.134. The molecule has 3 rings (SSSR count). The lowest BCUT2D eigenvalue weighted by atomic mass is 10.1. The van der Waals surface area contributed by atoms with E-state index in [1.807, 2.05) is 18.2 Å². The summed E-state index contributed by atoms with van der Waals surface area (Å²) < 4.78 is 25.4. The lowest BCUT2D eigenvalue weighted by Crippen LogP contribution is -2.48. The second kappa shape index (κ2) is 12.8. The summed E-state index contributed by atoms with van der Waals surface area (Å²) in [6.45, 7) is 3.78. The standard InChI is InChI=1S/C20H25N3O3S.C4H4O4/c1-21(2)27(25,26)19-10-8-17(9-11-19)20(24)16-22-12-14-23(15-13-22)18-6-4-3-5-7-18;5-3(6)1-2-4(7)8/h3-11H,12-16H2,1-2H3;1-2H,(H,5,6)(H,7,8)/b;2-1+. The molecule has 1 aliphatic rings. The zero-order chi connectivity index (χ0) is 26.0. The van der Waals surface area contributed by atoms with Gasteiger partial charge < -0.3 is 15.1 Å². The van der Waals surface area contributed by atoms with Gasteiger partial charge in [0.2, 0.25) is 10.0 Å². The highest BCUT2D eigenvalue weighted by Crippen LogP contribution is 2.17. The molecular formula is C24H29N3O7S. The number of hydrogen-bond donors (Lipinski definition) is 2. The number of benzene rings is 2. The number of piperazine rings is 1. The molecule has 1 heterocycles. The van der Waals surface area contributed by atoms with Crippen molar-refractivity contribution >= 4 is 33.4 Å². The maximum Gasteiger partial charge on any atom is 0.328 e. The van der Waals surface area contributed by atoms with Crippen LogP contribution in [0, 0.1) is 0 Å². The van der Waals surface area contributed by atoms with Crippen molar-refractivity contribution in [3.05, 3.63) is 72.3 Å². The van der Waals surface area contributed by atoms with E-state index in [1.54, 1.807) is 12.1 Å². The van der Waals surface area contributed by atoms with Crippen molar-refractivity contribution in [3.63, 3.8) is 0 Å². The van der Waals surface area contributed by atoms with Gasteiger partial charge in [0.1, 0.15) is 0 Å². The van der Waals surface area contributed by atoms with Crippen LogP contribution in [0.4, 0.5) is 5.69 Å². The maximum absolute atomic E-state index is 12.5. The van der Waals surface area contributed by atoms with E-state index in [1.165, 1.54) is 31.9 Å².